The van der Waals surface area contributed by atoms with Gasteiger partial charge in [0.25, 0.3) is 10.0 Å². The number of aromatic nitrogens is 1. The molecule has 0 radical (unpaired) electrons. The van der Waals surface area contributed by atoms with Crippen LogP contribution in [0.25, 0.3) is 10.9 Å². The number of rotatable bonds is 16. The standard InChI is InChI=1S/C37H46F3N5O8S/c1-5-34(46)43-54(49,50)28-13-14-31(33(21-28)51-4)41-17-9-10-26-20-29-30(11-8-12-32(29)45(26)24-37(38,39)40)42-25-15-18-44(19-16-25)22-27(53-36(48)7-3)23-52-35(47)6-2/h8,11-14,20-21,25,27,41-42H,5-7,15-19,22-24H2,1-4H3,(H,43,46). The van der Waals surface area contributed by atoms with Crippen molar-refractivity contribution in [1.29, 1.82) is 0 Å². The van der Waals surface area contributed by atoms with E-state index in [1.54, 1.807) is 32.0 Å². The maximum atomic E-state index is 13.8. The van der Waals surface area contributed by atoms with Crippen LogP contribution >= 0.6 is 0 Å². The van der Waals surface area contributed by atoms with Crippen LogP contribution in [0.3, 0.4) is 0 Å². The smallest absolute Gasteiger partial charge is 0.406 e. The number of esters is 2. The van der Waals surface area contributed by atoms with Crippen LogP contribution in [-0.2, 0) is 40.4 Å². The number of ether oxygens (including phenoxy) is 3. The number of piperidine rings is 1. The Morgan fingerprint density at radius 3 is 2.35 bits per heavy atom. The van der Waals surface area contributed by atoms with Crippen LogP contribution in [0.15, 0.2) is 47.4 Å². The van der Waals surface area contributed by atoms with Gasteiger partial charge < -0.3 is 29.4 Å². The van der Waals surface area contributed by atoms with Gasteiger partial charge in [-0.05, 0) is 49.1 Å². The predicted molar refractivity (Wildman–Crippen MR) is 196 cm³/mol. The van der Waals surface area contributed by atoms with Crippen molar-refractivity contribution in [1.82, 2.24) is 14.2 Å². The molecule has 2 heterocycles. The monoisotopic (exact) mass is 777 g/mol. The molecular formula is C37H46F3N5O8S. The predicted octanol–water partition coefficient (Wildman–Crippen LogP) is 5.04. The van der Waals surface area contributed by atoms with E-state index < -0.39 is 34.8 Å². The second-order valence-electron chi connectivity index (χ2n) is 12.6. The first-order valence-corrected chi connectivity index (χ1v) is 19.1. The summed E-state index contributed by atoms with van der Waals surface area (Å²) in [7, 11) is -2.77. The molecule has 1 fully saturated rings. The fraction of sp³-hybridized carbons (Fsp3) is 0.486. The van der Waals surface area contributed by atoms with E-state index in [-0.39, 0.29) is 66.7 Å². The molecule has 3 N–H and O–H groups in total. The zero-order chi connectivity index (χ0) is 39.5. The molecule has 294 valence electrons. The van der Waals surface area contributed by atoms with Gasteiger partial charge in [-0.15, -0.1) is 0 Å². The minimum atomic E-state index is -4.51. The number of halogens is 3. The number of nitrogens with one attached hydrogen (secondary N) is 3. The number of carbonyl (C=O) groups is 3. The van der Waals surface area contributed by atoms with E-state index >= 15 is 0 Å². The number of likely N-dealkylation sites (tertiary alicyclic amines) is 1. The van der Waals surface area contributed by atoms with Crippen molar-refractivity contribution >= 4 is 50.1 Å². The molecule has 54 heavy (non-hydrogen) atoms. The lowest BCUT2D eigenvalue weighted by Crippen LogP contribution is -2.44. The first kappa shape index (κ1) is 41.8. The van der Waals surface area contributed by atoms with Gasteiger partial charge in [-0.2, -0.15) is 13.2 Å². The quantitative estimate of drug-likeness (QED) is 0.132. The van der Waals surface area contributed by atoms with Crippen molar-refractivity contribution in [2.75, 3.05) is 50.5 Å². The molecule has 3 aromatic rings. The zero-order valence-corrected chi connectivity index (χ0v) is 31.5. The average Bonchev–Trinajstić information content (AvgIpc) is 3.48. The Balaban J connectivity index is 1.47. The van der Waals surface area contributed by atoms with Gasteiger partial charge >= 0.3 is 18.1 Å². The summed E-state index contributed by atoms with van der Waals surface area (Å²) in [5, 5.41) is 7.09. The van der Waals surface area contributed by atoms with Crippen LogP contribution in [0.4, 0.5) is 24.5 Å². The van der Waals surface area contributed by atoms with E-state index in [2.05, 4.69) is 27.4 Å². The Morgan fingerprint density at radius 2 is 1.70 bits per heavy atom. The molecule has 2 aromatic carbocycles. The molecule has 1 amide bonds. The lowest BCUT2D eigenvalue weighted by molar-refractivity contribution is -0.160. The summed E-state index contributed by atoms with van der Waals surface area (Å²) in [4.78, 5) is 37.3. The number of hydrogen-bond donors (Lipinski definition) is 3. The van der Waals surface area contributed by atoms with Gasteiger partial charge in [-0.3, -0.25) is 19.3 Å². The van der Waals surface area contributed by atoms with Gasteiger partial charge in [0.15, 0.2) is 0 Å². The maximum Gasteiger partial charge on any atom is 0.406 e. The lowest BCUT2D eigenvalue weighted by atomic mass is 10.0. The number of carbonyl (C=O) groups excluding carboxylic acids is 3. The van der Waals surface area contributed by atoms with Gasteiger partial charge in [-0.1, -0.05) is 32.8 Å². The van der Waals surface area contributed by atoms with Gasteiger partial charge in [0.05, 0.1) is 35.4 Å². The molecule has 13 nitrogen and oxygen atoms in total. The van der Waals surface area contributed by atoms with Crippen LogP contribution in [0.5, 0.6) is 5.75 Å². The second-order valence-corrected chi connectivity index (χ2v) is 14.3. The van der Waals surface area contributed by atoms with Crippen LogP contribution in [0.2, 0.25) is 0 Å². The highest BCUT2D eigenvalue weighted by Crippen LogP contribution is 2.32. The summed E-state index contributed by atoms with van der Waals surface area (Å²) in [6.45, 7) is 5.35. The number of benzene rings is 2. The van der Waals surface area contributed by atoms with E-state index in [9.17, 15) is 36.0 Å². The van der Waals surface area contributed by atoms with E-state index in [1.807, 2.05) is 10.8 Å². The topological polar surface area (TPSA) is 157 Å². The molecule has 0 saturated carbocycles. The molecule has 1 aliphatic rings. The number of hydrogen-bond acceptors (Lipinski definition) is 11. The number of anilines is 2. The first-order valence-electron chi connectivity index (χ1n) is 17.7. The second kappa shape index (κ2) is 18.9. The number of amides is 1. The molecule has 1 aliphatic heterocycles. The molecule has 0 spiro atoms. The van der Waals surface area contributed by atoms with E-state index in [0.29, 0.717) is 54.8 Å². The van der Waals surface area contributed by atoms with Crippen LogP contribution in [-0.4, -0.2) is 93.9 Å². The fourth-order valence-electron chi connectivity index (χ4n) is 5.85. The van der Waals surface area contributed by atoms with Gasteiger partial charge in [0.2, 0.25) is 5.91 Å². The lowest BCUT2D eigenvalue weighted by Gasteiger charge is -2.34. The van der Waals surface area contributed by atoms with E-state index in [0.717, 1.165) is 4.57 Å². The molecule has 1 atom stereocenters. The Hall–Kier alpha value is -4.95. The molecule has 17 heteroatoms. The molecule has 0 bridgehead atoms. The van der Waals surface area contributed by atoms with E-state index in [1.165, 1.54) is 32.2 Å². The number of fused-ring (bicyclic) bond motifs is 1. The highest BCUT2D eigenvalue weighted by molar-refractivity contribution is 7.90. The van der Waals surface area contributed by atoms with Crippen molar-refractivity contribution in [3.05, 3.63) is 48.2 Å². The molecule has 1 aromatic heterocycles. The van der Waals surface area contributed by atoms with Crippen molar-refractivity contribution in [2.24, 2.45) is 0 Å². The largest absolute Gasteiger partial charge is 0.495 e. The average molecular weight is 778 g/mol. The SMILES string of the molecule is CCC(=O)NS(=O)(=O)c1ccc(NCC#Cc2cc3c(NC4CCN(CC(COC(=O)CC)OC(=O)CC)CC4)cccc3n2CC(F)(F)F)c(OC)c1. The van der Waals surface area contributed by atoms with Crippen molar-refractivity contribution in [3.8, 4) is 17.6 Å². The number of methoxy groups -OCH3 is 1. The molecule has 1 saturated heterocycles. The Morgan fingerprint density at radius 1 is 0.981 bits per heavy atom. The fourth-order valence-corrected chi connectivity index (χ4v) is 6.92. The van der Waals surface area contributed by atoms with E-state index in [4.69, 9.17) is 14.2 Å². The highest BCUT2D eigenvalue weighted by Gasteiger charge is 2.30. The third-order valence-electron chi connectivity index (χ3n) is 8.63. The molecule has 4 rings (SSSR count). The number of sulfonamides is 1. The normalized spacial score (nSPS) is 14.4. The summed E-state index contributed by atoms with van der Waals surface area (Å²) in [6.07, 6.45) is -3.28. The Labute approximate surface area is 312 Å². The summed E-state index contributed by atoms with van der Waals surface area (Å²) in [5.41, 5.74) is 1.58. The molecular weight excluding hydrogens is 731 g/mol. The van der Waals surface area contributed by atoms with Crippen LogP contribution in [0, 0.1) is 11.8 Å². The molecule has 1 unspecified atom stereocenters. The van der Waals surface area contributed by atoms with Gasteiger partial charge in [-0.25, -0.2) is 13.1 Å². The van der Waals surface area contributed by atoms with Gasteiger partial charge in [0.1, 0.15) is 25.0 Å². The van der Waals surface area contributed by atoms with Gasteiger partial charge in [0, 0.05) is 62.1 Å². The zero-order valence-electron chi connectivity index (χ0n) is 30.7. The number of nitrogens with zero attached hydrogens (tertiary/aromatic N) is 2. The molecule has 0 aliphatic carbocycles. The summed E-state index contributed by atoms with van der Waals surface area (Å²) >= 11 is 0. The minimum absolute atomic E-state index is 0.00814. The van der Waals surface area contributed by atoms with Crippen molar-refractivity contribution in [3.63, 3.8) is 0 Å². The highest BCUT2D eigenvalue weighted by atomic mass is 32.2. The third-order valence-corrected chi connectivity index (χ3v) is 10.0. The Kier molecular flexibility index (Phi) is 14.6. The summed E-state index contributed by atoms with van der Waals surface area (Å²) in [6, 6.07) is 10.7. The summed E-state index contributed by atoms with van der Waals surface area (Å²) in [5.74, 6) is 4.46. The minimum Gasteiger partial charge on any atom is -0.495 e. The van der Waals surface area contributed by atoms with Crippen LogP contribution in [0.1, 0.15) is 58.6 Å². The third kappa shape index (κ3) is 11.8. The summed E-state index contributed by atoms with van der Waals surface area (Å²) < 4.78 is 85.6. The first-order chi connectivity index (χ1) is 25.7. The van der Waals surface area contributed by atoms with Crippen LogP contribution < -0.4 is 20.1 Å². The Bertz CT molecular complexity index is 1960. The number of alkyl halides is 3. The van der Waals surface area contributed by atoms with Crippen molar-refractivity contribution < 1.29 is 50.2 Å². The maximum absolute atomic E-state index is 13.8. The van der Waals surface area contributed by atoms with Crippen molar-refractivity contribution in [2.45, 2.75) is 82.6 Å².